The second-order valence-electron chi connectivity index (χ2n) is 8.28. The molecule has 4 rings (SSSR count). The number of aliphatic imine (C=N–C) groups is 1. The minimum absolute atomic E-state index is 0.119. The van der Waals surface area contributed by atoms with Gasteiger partial charge in [-0.1, -0.05) is 30.3 Å². The van der Waals surface area contributed by atoms with Crippen molar-refractivity contribution in [2.24, 2.45) is 10.9 Å². The molecule has 2 heterocycles. The molecule has 0 saturated carbocycles. The van der Waals surface area contributed by atoms with E-state index in [2.05, 4.69) is 54.8 Å². The summed E-state index contributed by atoms with van der Waals surface area (Å²) in [6.07, 6.45) is 2.11. The van der Waals surface area contributed by atoms with Crippen LogP contribution in [-0.4, -0.2) is 45.0 Å². The molecular formula is C25H33N3O3. The van der Waals surface area contributed by atoms with Crippen molar-refractivity contribution in [2.45, 2.75) is 39.3 Å². The molecule has 6 heteroatoms. The van der Waals surface area contributed by atoms with Gasteiger partial charge in [-0.25, -0.2) is 4.99 Å². The molecule has 0 bridgehead atoms. The summed E-state index contributed by atoms with van der Waals surface area (Å²) in [4.78, 5) is 4.80. The summed E-state index contributed by atoms with van der Waals surface area (Å²) in [6, 6.07) is 14.6. The van der Waals surface area contributed by atoms with Crippen LogP contribution in [0, 0.1) is 12.8 Å². The molecule has 2 atom stereocenters. The zero-order valence-electron chi connectivity index (χ0n) is 18.5. The summed E-state index contributed by atoms with van der Waals surface area (Å²) < 4.78 is 17.7. The van der Waals surface area contributed by atoms with Gasteiger partial charge in [-0.2, -0.15) is 0 Å². The van der Waals surface area contributed by atoms with E-state index in [9.17, 15) is 0 Å². The molecular weight excluding hydrogens is 390 g/mol. The van der Waals surface area contributed by atoms with Crippen molar-refractivity contribution in [2.75, 3.05) is 32.9 Å². The Labute approximate surface area is 185 Å². The third kappa shape index (κ3) is 5.91. The molecule has 0 aromatic heterocycles. The molecule has 2 unspecified atom stereocenters. The average Bonchev–Trinajstić information content (AvgIpc) is 3.44. The van der Waals surface area contributed by atoms with Gasteiger partial charge >= 0.3 is 0 Å². The Kier molecular flexibility index (Phi) is 7.30. The van der Waals surface area contributed by atoms with Crippen LogP contribution in [0.15, 0.2) is 47.5 Å². The number of rotatable bonds is 8. The molecule has 0 spiro atoms. The Bertz CT molecular complexity index is 868. The molecule has 2 aliphatic heterocycles. The van der Waals surface area contributed by atoms with E-state index in [1.54, 1.807) is 0 Å². The molecule has 1 fully saturated rings. The van der Waals surface area contributed by atoms with E-state index in [4.69, 9.17) is 19.2 Å². The molecule has 2 aromatic rings. The lowest BCUT2D eigenvalue weighted by atomic mass is 10.1. The lowest BCUT2D eigenvalue weighted by Gasteiger charge is -2.17. The normalized spacial score (nSPS) is 20.3. The Hall–Kier alpha value is -2.73. The first kappa shape index (κ1) is 21.5. The highest BCUT2D eigenvalue weighted by molar-refractivity contribution is 5.79. The highest BCUT2D eigenvalue weighted by atomic mass is 16.5. The zero-order chi connectivity index (χ0) is 21.5. The maximum atomic E-state index is 6.16. The SMILES string of the molecule is CCNC(=NCc1ccc(C)cc1OCC1CCOC1)NCC1Cc2ccccc2O1. The number of benzene rings is 2. The maximum absolute atomic E-state index is 6.16. The minimum atomic E-state index is 0.119. The highest BCUT2D eigenvalue weighted by Gasteiger charge is 2.22. The highest BCUT2D eigenvalue weighted by Crippen LogP contribution is 2.28. The first-order chi connectivity index (χ1) is 15.2. The van der Waals surface area contributed by atoms with Crippen LogP contribution < -0.4 is 20.1 Å². The fourth-order valence-electron chi connectivity index (χ4n) is 3.93. The molecule has 1 saturated heterocycles. The van der Waals surface area contributed by atoms with E-state index in [-0.39, 0.29) is 6.10 Å². The van der Waals surface area contributed by atoms with Gasteiger partial charge in [0.05, 0.1) is 26.3 Å². The molecule has 31 heavy (non-hydrogen) atoms. The van der Waals surface area contributed by atoms with Crippen LogP contribution >= 0.6 is 0 Å². The van der Waals surface area contributed by atoms with Crippen LogP contribution in [0.25, 0.3) is 0 Å². The van der Waals surface area contributed by atoms with Gasteiger partial charge in [0.15, 0.2) is 5.96 Å². The van der Waals surface area contributed by atoms with Gasteiger partial charge in [0, 0.05) is 31.1 Å². The molecule has 2 aliphatic rings. The van der Waals surface area contributed by atoms with Gasteiger partial charge in [-0.3, -0.25) is 0 Å². The molecule has 0 amide bonds. The number of para-hydroxylation sites is 1. The quantitative estimate of drug-likeness (QED) is 0.503. The minimum Gasteiger partial charge on any atom is -0.493 e. The summed E-state index contributed by atoms with van der Waals surface area (Å²) in [6.45, 7) is 8.55. The molecule has 0 radical (unpaired) electrons. The topological polar surface area (TPSA) is 64.1 Å². The monoisotopic (exact) mass is 423 g/mol. The second-order valence-corrected chi connectivity index (χ2v) is 8.28. The summed E-state index contributed by atoms with van der Waals surface area (Å²) in [7, 11) is 0. The van der Waals surface area contributed by atoms with E-state index in [1.165, 1.54) is 11.1 Å². The van der Waals surface area contributed by atoms with Crippen LogP contribution in [-0.2, 0) is 17.7 Å². The predicted octanol–water partition coefficient (Wildman–Crippen LogP) is 3.47. The number of hydrogen-bond acceptors (Lipinski definition) is 4. The van der Waals surface area contributed by atoms with E-state index in [1.807, 2.05) is 12.1 Å². The van der Waals surface area contributed by atoms with Gasteiger partial charge in [-0.05, 0) is 43.5 Å². The van der Waals surface area contributed by atoms with Crippen LogP contribution in [0.2, 0.25) is 0 Å². The third-order valence-corrected chi connectivity index (χ3v) is 5.68. The fourth-order valence-corrected chi connectivity index (χ4v) is 3.93. The van der Waals surface area contributed by atoms with E-state index in [0.717, 1.165) is 55.6 Å². The number of aryl methyl sites for hydroxylation is 1. The summed E-state index contributed by atoms with van der Waals surface area (Å²) >= 11 is 0. The molecule has 2 aromatic carbocycles. The average molecular weight is 424 g/mol. The van der Waals surface area contributed by atoms with Crippen molar-refractivity contribution in [1.82, 2.24) is 10.6 Å². The van der Waals surface area contributed by atoms with Crippen LogP contribution in [0.1, 0.15) is 30.0 Å². The van der Waals surface area contributed by atoms with Crippen molar-refractivity contribution < 1.29 is 14.2 Å². The second kappa shape index (κ2) is 10.5. The number of fused-ring (bicyclic) bond motifs is 1. The predicted molar refractivity (Wildman–Crippen MR) is 123 cm³/mol. The Morgan fingerprint density at radius 3 is 2.90 bits per heavy atom. The first-order valence-electron chi connectivity index (χ1n) is 11.3. The Morgan fingerprint density at radius 1 is 1.19 bits per heavy atom. The van der Waals surface area contributed by atoms with E-state index >= 15 is 0 Å². The van der Waals surface area contributed by atoms with Crippen LogP contribution in [0.4, 0.5) is 0 Å². The van der Waals surface area contributed by atoms with Gasteiger partial charge in [-0.15, -0.1) is 0 Å². The molecule has 0 aliphatic carbocycles. The number of hydrogen-bond donors (Lipinski definition) is 2. The van der Waals surface area contributed by atoms with Gasteiger partial charge in [0.1, 0.15) is 17.6 Å². The maximum Gasteiger partial charge on any atom is 0.191 e. The van der Waals surface area contributed by atoms with Crippen LogP contribution in [0.5, 0.6) is 11.5 Å². The van der Waals surface area contributed by atoms with E-state index < -0.39 is 0 Å². The smallest absolute Gasteiger partial charge is 0.191 e. The lowest BCUT2D eigenvalue weighted by Crippen LogP contribution is -2.42. The lowest BCUT2D eigenvalue weighted by molar-refractivity contribution is 0.166. The van der Waals surface area contributed by atoms with Crippen molar-refractivity contribution >= 4 is 5.96 Å². The fraction of sp³-hybridized carbons (Fsp3) is 0.480. The van der Waals surface area contributed by atoms with Crippen molar-refractivity contribution in [3.05, 3.63) is 59.2 Å². The number of nitrogens with zero attached hydrogens (tertiary/aromatic N) is 1. The molecule has 2 N–H and O–H groups in total. The van der Waals surface area contributed by atoms with Crippen molar-refractivity contribution in [1.29, 1.82) is 0 Å². The number of guanidine groups is 1. The third-order valence-electron chi connectivity index (χ3n) is 5.68. The Morgan fingerprint density at radius 2 is 2.10 bits per heavy atom. The summed E-state index contributed by atoms with van der Waals surface area (Å²) in [5.74, 6) is 3.18. The summed E-state index contributed by atoms with van der Waals surface area (Å²) in [5, 5.41) is 6.76. The van der Waals surface area contributed by atoms with E-state index in [0.29, 0.717) is 25.6 Å². The Balaban J connectivity index is 1.35. The first-order valence-corrected chi connectivity index (χ1v) is 11.3. The van der Waals surface area contributed by atoms with Gasteiger partial charge < -0.3 is 24.8 Å². The number of ether oxygens (including phenoxy) is 3. The number of nitrogens with one attached hydrogen (secondary N) is 2. The van der Waals surface area contributed by atoms with Crippen LogP contribution in [0.3, 0.4) is 0 Å². The summed E-state index contributed by atoms with van der Waals surface area (Å²) in [5.41, 5.74) is 3.55. The van der Waals surface area contributed by atoms with Crippen molar-refractivity contribution in [3.63, 3.8) is 0 Å². The molecule has 6 nitrogen and oxygen atoms in total. The largest absolute Gasteiger partial charge is 0.493 e. The van der Waals surface area contributed by atoms with Gasteiger partial charge in [0.25, 0.3) is 0 Å². The standard InChI is InChI=1S/C25H33N3O3/c1-3-26-25(28-15-22-13-20-6-4-5-7-23(20)31-22)27-14-21-9-8-18(2)12-24(21)30-17-19-10-11-29-16-19/h4-9,12,19,22H,3,10-11,13-17H2,1-2H3,(H2,26,27,28). The van der Waals surface area contributed by atoms with Gasteiger partial charge in [0.2, 0.25) is 0 Å². The zero-order valence-corrected chi connectivity index (χ0v) is 18.5. The molecule has 166 valence electrons. The van der Waals surface area contributed by atoms with Crippen molar-refractivity contribution in [3.8, 4) is 11.5 Å².